The van der Waals surface area contributed by atoms with Gasteiger partial charge in [-0.25, -0.2) is 4.79 Å². The van der Waals surface area contributed by atoms with Crippen LogP contribution < -0.4 is 29.3 Å². The monoisotopic (exact) mass is 529 g/mol. The Balaban J connectivity index is 1.83. The Morgan fingerprint density at radius 1 is 0.795 bits per heavy atom. The molecule has 0 radical (unpaired) electrons. The topological polar surface area (TPSA) is 102 Å². The van der Waals surface area contributed by atoms with Gasteiger partial charge in [0.15, 0.2) is 34.5 Å². The molecule has 0 aliphatic carbocycles. The van der Waals surface area contributed by atoms with Gasteiger partial charge >= 0.3 is 5.63 Å². The minimum Gasteiger partial charge on any atom is -0.504 e. The Morgan fingerprint density at radius 3 is 2.15 bits per heavy atom. The molecule has 5 aromatic rings. The van der Waals surface area contributed by atoms with E-state index in [0.717, 1.165) is 27.9 Å². The van der Waals surface area contributed by atoms with Crippen LogP contribution in [0.15, 0.2) is 51.7 Å². The number of ether oxygens (including phenoxy) is 5. The molecular formula is C30H27NO8. The highest BCUT2D eigenvalue weighted by atomic mass is 16.5. The van der Waals surface area contributed by atoms with Crippen LogP contribution in [0.4, 0.5) is 0 Å². The largest absolute Gasteiger partial charge is 0.504 e. The van der Waals surface area contributed by atoms with Crippen molar-refractivity contribution in [2.45, 2.75) is 13.0 Å². The minimum atomic E-state index is -0.501. The molecule has 0 saturated heterocycles. The Hall–Kier alpha value is -4.79. The van der Waals surface area contributed by atoms with Crippen molar-refractivity contribution in [2.75, 3.05) is 35.5 Å². The van der Waals surface area contributed by atoms with Crippen LogP contribution in [0.1, 0.15) is 5.56 Å². The molecule has 0 spiro atoms. The number of aromatic hydroxyl groups is 1. The molecule has 0 bridgehead atoms. The van der Waals surface area contributed by atoms with E-state index in [1.165, 1.54) is 13.2 Å². The lowest BCUT2D eigenvalue weighted by molar-refractivity contribution is 0.354. The van der Waals surface area contributed by atoms with Crippen molar-refractivity contribution in [3.05, 3.63) is 58.4 Å². The summed E-state index contributed by atoms with van der Waals surface area (Å²) in [4.78, 5) is 13.5. The van der Waals surface area contributed by atoms with Crippen molar-refractivity contribution in [3.8, 4) is 56.9 Å². The van der Waals surface area contributed by atoms with Gasteiger partial charge in [0, 0.05) is 34.5 Å². The van der Waals surface area contributed by atoms with Gasteiger partial charge in [-0.2, -0.15) is 0 Å². The first kappa shape index (κ1) is 24.5. The number of rotatable bonds is 6. The van der Waals surface area contributed by atoms with Crippen molar-refractivity contribution < 1.29 is 33.2 Å². The maximum Gasteiger partial charge on any atom is 0.361 e. The highest BCUT2D eigenvalue weighted by Crippen LogP contribution is 2.49. The summed E-state index contributed by atoms with van der Waals surface area (Å²) in [6.45, 7) is 0.549. The normalized spacial score (nSPS) is 12.2. The molecule has 200 valence electrons. The second-order valence-electron chi connectivity index (χ2n) is 9.19. The summed E-state index contributed by atoms with van der Waals surface area (Å²) < 4.78 is 35.5. The minimum absolute atomic E-state index is 0.119. The van der Waals surface area contributed by atoms with Crippen LogP contribution in [0, 0.1) is 0 Å². The van der Waals surface area contributed by atoms with E-state index >= 15 is 0 Å². The summed E-state index contributed by atoms with van der Waals surface area (Å²) in [7, 11) is 7.85. The molecule has 0 amide bonds. The Labute approximate surface area is 223 Å². The van der Waals surface area contributed by atoms with Gasteiger partial charge in [0.25, 0.3) is 0 Å². The van der Waals surface area contributed by atoms with Crippen LogP contribution >= 0.6 is 0 Å². The van der Waals surface area contributed by atoms with Gasteiger partial charge in [-0.05, 0) is 47.9 Å². The molecule has 0 fully saturated rings. The third kappa shape index (κ3) is 3.57. The summed E-state index contributed by atoms with van der Waals surface area (Å²) in [6.07, 6.45) is 0.675. The predicted molar refractivity (Wildman–Crippen MR) is 147 cm³/mol. The van der Waals surface area contributed by atoms with Crippen LogP contribution in [0.5, 0.6) is 34.5 Å². The zero-order valence-corrected chi connectivity index (χ0v) is 22.2. The standard InChI is InChI=1S/C30H27NO8/c1-34-20-7-6-16(11-23(20)36-3)26-27-18-13-22(35-2)19(32)14-21(18)39-30(33)29(27)31-9-8-15-10-24(37-4)25(38-5)12-17(15)28(26)31/h6-7,10-14,32H,8-9H2,1-5H3. The average molecular weight is 530 g/mol. The van der Waals surface area contributed by atoms with E-state index in [1.807, 2.05) is 34.9 Å². The maximum absolute atomic E-state index is 13.5. The fourth-order valence-electron chi connectivity index (χ4n) is 5.59. The van der Waals surface area contributed by atoms with Crippen molar-refractivity contribution in [1.29, 1.82) is 0 Å². The number of nitrogens with zero attached hydrogens (tertiary/aromatic N) is 1. The van der Waals surface area contributed by atoms with Crippen LogP contribution in [-0.4, -0.2) is 45.2 Å². The molecule has 0 unspecified atom stereocenters. The van der Waals surface area contributed by atoms with Crippen molar-refractivity contribution in [3.63, 3.8) is 0 Å². The molecule has 9 heteroatoms. The van der Waals surface area contributed by atoms with E-state index in [2.05, 4.69) is 0 Å². The number of aromatic nitrogens is 1. The number of phenols is 1. The molecule has 39 heavy (non-hydrogen) atoms. The van der Waals surface area contributed by atoms with Gasteiger partial charge in [-0.1, -0.05) is 6.07 Å². The lowest BCUT2D eigenvalue weighted by Crippen LogP contribution is -2.15. The number of benzene rings is 3. The second-order valence-corrected chi connectivity index (χ2v) is 9.19. The van der Waals surface area contributed by atoms with Gasteiger partial charge in [-0.15, -0.1) is 0 Å². The number of aryl methyl sites for hydroxylation is 2. The maximum atomic E-state index is 13.5. The van der Waals surface area contributed by atoms with Gasteiger partial charge < -0.3 is 37.8 Å². The quantitative estimate of drug-likeness (QED) is 0.292. The second kappa shape index (κ2) is 9.20. The molecule has 0 atom stereocenters. The first-order valence-electron chi connectivity index (χ1n) is 12.3. The summed E-state index contributed by atoms with van der Waals surface area (Å²) in [5, 5.41) is 11.8. The number of fused-ring (bicyclic) bond motifs is 7. The summed E-state index contributed by atoms with van der Waals surface area (Å²) in [5.41, 5.74) is 4.62. The first-order chi connectivity index (χ1) is 18.9. The van der Waals surface area contributed by atoms with Crippen LogP contribution in [-0.2, 0) is 13.0 Å². The lowest BCUT2D eigenvalue weighted by Gasteiger charge is -2.23. The van der Waals surface area contributed by atoms with Crippen molar-refractivity contribution in [1.82, 2.24) is 4.57 Å². The average Bonchev–Trinajstić information content (AvgIpc) is 3.32. The highest BCUT2D eigenvalue weighted by molar-refractivity contribution is 6.17. The first-order valence-corrected chi connectivity index (χ1v) is 12.3. The molecule has 6 rings (SSSR count). The van der Waals surface area contributed by atoms with E-state index in [9.17, 15) is 9.90 Å². The lowest BCUT2D eigenvalue weighted by atomic mass is 9.91. The summed E-state index contributed by atoms with van der Waals surface area (Å²) in [6, 6.07) is 12.7. The van der Waals surface area contributed by atoms with Crippen molar-refractivity contribution >= 4 is 21.9 Å². The van der Waals surface area contributed by atoms with Crippen LogP contribution in [0.2, 0.25) is 0 Å². The molecule has 2 aromatic heterocycles. The number of hydrogen-bond acceptors (Lipinski definition) is 8. The molecule has 1 aliphatic rings. The van der Waals surface area contributed by atoms with Gasteiger partial charge in [0.05, 0.1) is 41.2 Å². The summed E-state index contributed by atoms with van der Waals surface area (Å²) >= 11 is 0. The zero-order chi connectivity index (χ0) is 27.4. The van der Waals surface area contributed by atoms with E-state index in [4.69, 9.17) is 28.1 Å². The smallest absolute Gasteiger partial charge is 0.361 e. The molecule has 3 aromatic carbocycles. The highest BCUT2D eigenvalue weighted by Gasteiger charge is 2.31. The number of hydrogen-bond donors (Lipinski definition) is 1. The van der Waals surface area contributed by atoms with E-state index in [0.29, 0.717) is 52.3 Å². The predicted octanol–water partition coefficient (Wildman–Crippen LogP) is 5.39. The van der Waals surface area contributed by atoms with Crippen molar-refractivity contribution in [2.24, 2.45) is 0 Å². The molecule has 9 nitrogen and oxygen atoms in total. The number of methoxy groups -OCH3 is 5. The molecule has 1 aliphatic heterocycles. The third-order valence-electron chi connectivity index (χ3n) is 7.35. The number of phenolic OH excluding ortho intramolecular Hbond substituents is 1. The molecule has 3 heterocycles. The third-order valence-corrected chi connectivity index (χ3v) is 7.35. The molecular weight excluding hydrogens is 502 g/mol. The van der Waals surface area contributed by atoms with Gasteiger partial charge in [0.2, 0.25) is 0 Å². The summed E-state index contributed by atoms with van der Waals surface area (Å²) in [5.74, 6) is 2.50. The van der Waals surface area contributed by atoms with E-state index in [-0.39, 0.29) is 17.1 Å². The van der Waals surface area contributed by atoms with Crippen LogP contribution in [0.3, 0.4) is 0 Å². The van der Waals surface area contributed by atoms with Gasteiger partial charge in [-0.3, -0.25) is 0 Å². The van der Waals surface area contributed by atoms with E-state index < -0.39 is 5.63 Å². The van der Waals surface area contributed by atoms with Gasteiger partial charge in [0.1, 0.15) is 11.1 Å². The Kier molecular flexibility index (Phi) is 5.79. The Bertz CT molecular complexity index is 1830. The molecule has 1 N–H and O–H groups in total. The molecule has 0 saturated carbocycles. The zero-order valence-electron chi connectivity index (χ0n) is 22.2. The Morgan fingerprint density at radius 2 is 1.46 bits per heavy atom. The van der Waals surface area contributed by atoms with Crippen LogP contribution in [0.25, 0.3) is 44.3 Å². The van der Waals surface area contributed by atoms with E-state index in [1.54, 1.807) is 34.5 Å². The fourth-order valence-corrected chi connectivity index (χ4v) is 5.59. The fraction of sp³-hybridized carbons (Fsp3) is 0.233. The SMILES string of the molecule is COc1cc2c(cc1O)oc(=O)c1c2c(-c2ccc(OC)c(OC)c2)c2n1CCc1cc(OC)c(OC)cc1-2.